The second-order valence-corrected chi connectivity index (χ2v) is 6.75. The number of hydrogen-bond donors (Lipinski definition) is 3. The zero-order valence-electron chi connectivity index (χ0n) is 14.7. The lowest BCUT2D eigenvalue weighted by atomic mass is 9.99. The third-order valence-electron chi connectivity index (χ3n) is 5.00. The number of carboxylic acid groups (broad SMARTS) is 1. The van der Waals surface area contributed by atoms with Gasteiger partial charge in [0.1, 0.15) is 11.3 Å². The first kappa shape index (κ1) is 17.1. The Bertz CT molecular complexity index is 1030. The van der Waals surface area contributed by atoms with E-state index in [2.05, 4.69) is 29.2 Å². The highest BCUT2D eigenvalue weighted by Gasteiger charge is 2.20. The van der Waals surface area contributed by atoms with E-state index in [1.54, 1.807) is 6.07 Å². The van der Waals surface area contributed by atoms with Crippen LogP contribution < -0.4 is 10.6 Å². The first-order valence-electron chi connectivity index (χ1n) is 8.77. The van der Waals surface area contributed by atoms with Crippen LogP contribution in [0.15, 0.2) is 60.7 Å². The van der Waals surface area contributed by atoms with Crippen LogP contribution in [0.2, 0.25) is 0 Å². The van der Waals surface area contributed by atoms with E-state index < -0.39 is 5.97 Å². The van der Waals surface area contributed by atoms with Crippen LogP contribution in [0.3, 0.4) is 0 Å². The van der Waals surface area contributed by atoms with E-state index in [1.165, 1.54) is 23.3 Å². The molecule has 1 aliphatic rings. The van der Waals surface area contributed by atoms with E-state index in [1.807, 2.05) is 18.2 Å². The maximum atomic E-state index is 11.1. The van der Waals surface area contributed by atoms with E-state index in [0.29, 0.717) is 6.54 Å². The molecule has 0 amide bonds. The van der Waals surface area contributed by atoms with Gasteiger partial charge in [0.2, 0.25) is 0 Å². The van der Waals surface area contributed by atoms with Gasteiger partial charge in [0.25, 0.3) is 0 Å². The summed E-state index contributed by atoms with van der Waals surface area (Å²) in [5, 5.41) is 19.0. The highest BCUT2D eigenvalue weighted by molar-refractivity contribution is 5.91. The monoisotopic (exact) mass is 360 g/mol. The number of hydrogen-bond acceptors (Lipinski definition) is 4. The van der Waals surface area contributed by atoms with Crippen molar-refractivity contribution in [2.75, 3.05) is 4.90 Å². The molecule has 0 unspecified atom stereocenters. The van der Waals surface area contributed by atoms with Crippen LogP contribution in [0.4, 0.5) is 5.69 Å². The summed E-state index contributed by atoms with van der Waals surface area (Å²) < 4.78 is 0. The number of carboxylic acids is 1. The molecule has 0 saturated carbocycles. The molecule has 5 nitrogen and oxygen atoms in total. The minimum Gasteiger partial charge on any atom is -0.507 e. The van der Waals surface area contributed by atoms with Gasteiger partial charge in [-0.3, -0.25) is 0 Å². The van der Waals surface area contributed by atoms with Crippen LogP contribution >= 0.6 is 0 Å². The van der Waals surface area contributed by atoms with Crippen LogP contribution in [0.5, 0.6) is 5.75 Å². The smallest absolute Gasteiger partial charge is 0.339 e. The Morgan fingerprint density at radius 2 is 1.70 bits per heavy atom. The fraction of sp³-hybridized carbons (Fsp3) is 0.136. The van der Waals surface area contributed by atoms with Crippen molar-refractivity contribution in [2.45, 2.75) is 19.6 Å². The quantitative estimate of drug-likeness (QED) is 0.660. The van der Waals surface area contributed by atoms with Gasteiger partial charge in [-0.15, -0.1) is 0 Å². The summed E-state index contributed by atoms with van der Waals surface area (Å²) in [6.07, 6.45) is 0. The van der Waals surface area contributed by atoms with Gasteiger partial charge < -0.3 is 20.8 Å². The molecule has 1 aliphatic heterocycles. The topological polar surface area (TPSA) is 86.8 Å². The molecule has 1 heterocycles. The summed E-state index contributed by atoms with van der Waals surface area (Å²) in [5.74, 6) is -1.36. The molecule has 0 saturated heterocycles. The fourth-order valence-corrected chi connectivity index (χ4v) is 3.53. The number of aromatic carboxylic acids is 1. The average molecular weight is 360 g/mol. The Balaban J connectivity index is 1.61. The molecule has 4 rings (SSSR count). The predicted molar refractivity (Wildman–Crippen MR) is 105 cm³/mol. The highest BCUT2D eigenvalue weighted by atomic mass is 16.4. The minimum absolute atomic E-state index is 0.0918. The fourth-order valence-electron chi connectivity index (χ4n) is 3.53. The lowest BCUT2D eigenvalue weighted by molar-refractivity contribution is 0.0694. The molecule has 0 spiro atoms. The molecular weight excluding hydrogens is 340 g/mol. The molecule has 0 aromatic heterocycles. The molecule has 0 radical (unpaired) electrons. The van der Waals surface area contributed by atoms with Crippen molar-refractivity contribution in [1.82, 2.24) is 0 Å². The number of nitrogens with zero attached hydrogens (tertiary/aromatic N) is 1. The van der Waals surface area contributed by atoms with Crippen molar-refractivity contribution in [2.24, 2.45) is 5.73 Å². The van der Waals surface area contributed by atoms with Crippen molar-refractivity contribution >= 4 is 11.7 Å². The molecule has 0 bridgehead atoms. The molecule has 0 atom stereocenters. The van der Waals surface area contributed by atoms with Crippen molar-refractivity contribution < 1.29 is 15.0 Å². The molecule has 27 heavy (non-hydrogen) atoms. The second-order valence-electron chi connectivity index (χ2n) is 6.75. The lowest BCUT2D eigenvalue weighted by Gasteiger charge is -2.18. The number of nitrogens with two attached hydrogens (primary N) is 1. The largest absolute Gasteiger partial charge is 0.507 e. The van der Waals surface area contributed by atoms with Gasteiger partial charge in [-0.05, 0) is 58.1 Å². The minimum atomic E-state index is -1.14. The summed E-state index contributed by atoms with van der Waals surface area (Å²) in [5.41, 5.74) is 12.2. The summed E-state index contributed by atoms with van der Waals surface area (Å²) in [4.78, 5) is 13.4. The van der Waals surface area contributed by atoms with Crippen molar-refractivity contribution in [1.29, 1.82) is 0 Å². The van der Waals surface area contributed by atoms with E-state index in [-0.39, 0.29) is 11.3 Å². The third-order valence-corrected chi connectivity index (χ3v) is 5.00. The Morgan fingerprint density at radius 1 is 0.963 bits per heavy atom. The molecule has 3 aromatic carbocycles. The summed E-state index contributed by atoms with van der Waals surface area (Å²) in [6.45, 7) is 2.16. The second kappa shape index (κ2) is 6.78. The number of carbonyl (C=O) groups is 1. The van der Waals surface area contributed by atoms with Crippen LogP contribution in [0, 0.1) is 0 Å². The molecule has 0 aliphatic carbocycles. The first-order chi connectivity index (χ1) is 13.0. The SMILES string of the molecule is NCc1cccc(N2Cc3ccc(-c4ccc(C(=O)O)c(O)c4)cc3C2)c1. The number of fused-ring (bicyclic) bond motifs is 1. The number of phenols is 1. The number of anilines is 1. The van der Waals surface area contributed by atoms with Crippen molar-refractivity contribution in [3.63, 3.8) is 0 Å². The van der Waals surface area contributed by atoms with E-state index >= 15 is 0 Å². The van der Waals surface area contributed by atoms with Gasteiger partial charge in [-0.2, -0.15) is 0 Å². The van der Waals surface area contributed by atoms with Gasteiger partial charge >= 0.3 is 5.97 Å². The van der Waals surface area contributed by atoms with Crippen molar-refractivity contribution in [3.8, 4) is 16.9 Å². The van der Waals surface area contributed by atoms with Crippen LogP contribution in [0.25, 0.3) is 11.1 Å². The number of benzene rings is 3. The summed E-state index contributed by atoms with van der Waals surface area (Å²) in [7, 11) is 0. The van der Waals surface area contributed by atoms with Gasteiger partial charge in [-0.25, -0.2) is 4.79 Å². The van der Waals surface area contributed by atoms with E-state index in [0.717, 1.165) is 35.5 Å². The Hall–Kier alpha value is -3.31. The molecule has 4 N–H and O–H groups in total. The van der Waals surface area contributed by atoms with Crippen LogP contribution in [0.1, 0.15) is 27.0 Å². The van der Waals surface area contributed by atoms with Gasteiger partial charge in [-0.1, -0.05) is 30.3 Å². The van der Waals surface area contributed by atoms with E-state index in [9.17, 15) is 9.90 Å². The average Bonchev–Trinajstić information content (AvgIpc) is 3.11. The maximum Gasteiger partial charge on any atom is 0.339 e. The zero-order valence-corrected chi connectivity index (χ0v) is 14.7. The Labute approximate surface area is 157 Å². The molecular formula is C22H20N2O3. The van der Waals surface area contributed by atoms with Gasteiger partial charge in [0, 0.05) is 25.3 Å². The normalized spacial score (nSPS) is 12.9. The van der Waals surface area contributed by atoms with Crippen LogP contribution in [-0.2, 0) is 19.6 Å². The molecule has 136 valence electrons. The summed E-state index contributed by atoms with van der Waals surface area (Å²) >= 11 is 0. The molecule has 0 fully saturated rings. The van der Waals surface area contributed by atoms with Crippen LogP contribution in [-0.4, -0.2) is 16.2 Å². The third kappa shape index (κ3) is 3.25. The van der Waals surface area contributed by atoms with Crippen molar-refractivity contribution in [3.05, 3.63) is 82.9 Å². The number of rotatable bonds is 4. The van der Waals surface area contributed by atoms with Gasteiger partial charge in [0.15, 0.2) is 0 Å². The highest BCUT2D eigenvalue weighted by Crippen LogP contribution is 2.33. The number of aromatic hydroxyl groups is 1. The molecule has 3 aromatic rings. The zero-order chi connectivity index (χ0) is 19.0. The first-order valence-corrected chi connectivity index (χ1v) is 8.77. The standard InChI is InChI=1S/C22H20N2O3/c23-11-14-2-1-3-19(8-14)24-12-17-5-4-15(9-18(17)13-24)16-6-7-20(22(26)27)21(25)10-16/h1-10,25H,11-13,23H2,(H,26,27). The van der Waals surface area contributed by atoms with Gasteiger partial charge in [0.05, 0.1) is 0 Å². The summed E-state index contributed by atoms with van der Waals surface area (Å²) in [6, 6.07) is 19.1. The molecule has 5 heteroatoms. The lowest BCUT2D eigenvalue weighted by Crippen LogP contribution is -2.14. The Morgan fingerprint density at radius 3 is 2.44 bits per heavy atom. The Kier molecular flexibility index (Phi) is 4.30. The maximum absolute atomic E-state index is 11.1. The predicted octanol–water partition coefficient (Wildman–Crippen LogP) is 3.74. The van der Waals surface area contributed by atoms with E-state index in [4.69, 9.17) is 10.8 Å².